The molecule has 0 spiro atoms. The number of hydrogen-bond donors (Lipinski definition) is 2. The Morgan fingerprint density at radius 3 is 2.18 bits per heavy atom. The van der Waals surface area contributed by atoms with Crippen molar-refractivity contribution in [3.63, 3.8) is 0 Å². The number of alkyl halides is 1. The van der Waals surface area contributed by atoms with Crippen molar-refractivity contribution in [2.75, 3.05) is 12.4 Å². The van der Waals surface area contributed by atoms with Gasteiger partial charge in [-0.05, 0) is 26.7 Å². The fraction of sp³-hybridized carbons (Fsp3) is 0.833. The number of carbonyl (C=O) groups excluding carboxylic acids is 2. The third-order valence-corrected chi connectivity index (χ3v) is 3.04. The van der Waals surface area contributed by atoms with Gasteiger partial charge in [0.2, 0.25) is 11.8 Å². The zero-order chi connectivity index (χ0) is 13.6. The minimum atomic E-state index is -0.659. The van der Waals surface area contributed by atoms with Crippen molar-refractivity contribution in [2.24, 2.45) is 11.3 Å². The molecule has 0 aliphatic carbocycles. The maximum absolute atomic E-state index is 11.8. The molecule has 0 radical (unpaired) electrons. The topological polar surface area (TPSA) is 58.2 Å². The highest BCUT2D eigenvalue weighted by molar-refractivity contribution is 6.19. The lowest BCUT2D eigenvalue weighted by Gasteiger charge is -2.23. The summed E-state index contributed by atoms with van der Waals surface area (Å²) in [6, 6.07) is -0.538. The number of amides is 2. The Morgan fingerprint density at radius 1 is 1.24 bits per heavy atom. The Hall–Kier alpha value is -0.770. The van der Waals surface area contributed by atoms with E-state index in [0.717, 1.165) is 0 Å². The number of halogens is 1. The fourth-order valence-corrected chi connectivity index (χ4v) is 1.10. The largest absolute Gasteiger partial charge is 0.354 e. The minimum absolute atomic E-state index is 0.169. The monoisotopic (exact) mass is 262 g/mol. The molecule has 4 nitrogen and oxygen atoms in total. The van der Waals surface area contributed by atoms with Crippen LogP contribution in [0, 0.1) is 11.3 Å². The molecule has 2 N–H and O–H groups in total. The van der Waals surface area contributed by atoms with E-state index < -0.39 is 11.5 Å². The van der Waals surface area contributed by atoms with Crippen LogP contribution in [-0.2, 0) is 9.59 Å². The summed E-state index contributed by atoms with van der Waals surface area (Å²) in [6.45, 7) is 9.79. The SMILES string of the molecule is CC(C)CNC(=O)C(C)NC(=O)C(C)(C)CCl. The van der Waals surface area contributed by atoms with Gasteiger partial charge in [0, 0.05) is 12.4 Å². The molecule has 1 unspecified atom stereocenters. The van der Waals surface area contributed by atoms with Gasteiger partial charge in [-0.25, -0.2) is 0 Å². The molecule has 100 valence electrons. The van der Waals surface area contributed by atoms with Gasteiger partial charge in [0.25, 0.3) is 0 Å². The van der Waals surface area contributed by atoms with Crippen LogP contribution >= 0.6 is 11.6 Å². The van der Waals surface area contributed by atoms with Crippen molar-refractivity contribution < 1.29 is 9.59 Å². The molecule has 0 saturated heterocycles. The van der Waals surface area contributed by atoms with Gasteiger partial charge in [0.05, 0.1) is 5.41 Å². The van der Waals surface area contributed by atoms with Crippen molar-refractivity contribution in [1.29, 1.82) is 0 Å². The average Bonchev–Trinajstić information content (AvgIpc) is 2.25. The molecule has 17 heavy (non-hydrogen) atoms. The normalized spacial score (nSPS) is 13.4. The van der Waals surface area contributed by atoms with Crippen molar-refractivity contribution in [2.45, 2.75) is 40.7 Å². The van der Waals surface area contributed by atoms with E-state index in [4.69, 9.17) is 11.6 Å². The van der Waals surface area contributed by atoms with Crippen molar-refractivity contribution in [1.82, 2.24) is 10.6 Å². The summed E-state index contributed by atoms with van der Waals surface area (Å²) in [6.07, 6.45) is 0. The second-order valence-corrected chi connectivity index (χ2v) is 5.62. The number of hydrogen-bond acceptors (Lipinski definition) is 2. The van der Waals surface area contributed by atoms with Crippen LogP contribution in [0.4, 0.5) is 0 Å². The van der Waals surface area contributed by atoms with Gasteiger partial charge >= 0.3 is 0 Å². The van der Waals surface area contributed by atoms with E-state index in [1.54, 1.807) is 20.8 Å². The Bertz CT molecular complexity index is 278. The smallest absolute Gasteiger partial charge is 0.242 e. The van der Waals surface area contributed by atoms with Crippen LogP contribution in [0.3, 0.4) is 0 Å². The van der Waals surface area contributed by atoms with Gasteiger partial charge in [-0.15, -0.1) is 11.6 Å². The maximum Gasteiger partial charge on any atom is 0.242 e. The van der Waals surface area contributed by atoms with E-state index in [9.17, 15) is 9.59 Å². The Morgan fingerprint density at radius 2 is 1.76 bits per heavy atom. The minimum Gasteiger partial charge on any atom is -0.354 e. The fourth-order valence-electron chi connectivity index (χ4n) is 0.976. The predicted molar refractivity (Wildman–Crippen MR) is 70.0 cm³/mol. The van der Waals surface area contributed by atoms with Gasteiger partial charge in [0.1, 0.15) is 6.04 Å². The lowest BCUT2D eigenvalue weighted by Crippen LogP contribution is -2.49. The van der Waals surface area contributed by atoms with Crippen molar-refractivity contribution >= 4 is 23.4 Å². The quantitative estimate of drug-likeness (QED) is 0.714. The maximum atomic E-state index is 11.8. The summed E-state index contributed by atoms with van der Waals surface area (Å²) in [4.78, 5) is 23.4. The number of rotatable bonds is 6. The van der Waals surface area contributed by atoms with Gasteiger partial charge in [-0.1, -0.05) is 13.8 Å². The van der Waals surface area contributed by atoms with Gasteiger partial charge in [-0.3, -0.25) is 9.59 Å². The first-order chi connectivity index (χ1) is 7.70. The number of nitrogens with one attached hydrogen (secondary N) is 2. The molecule has 0 heterocycles. The number of carbonyl (C=O) groups is 2. The van der Waals surface area contributed by atoms with Crippen LogP contribution in [0.15, 0.2) is 0 Å². The van der Waals surface area contributed by atoms with Gasteiger partial charge in [-0.2, -0.15) is 0 Å². The summed E-state index contributed by atoms with van der Waals surface area (Å²) in [5, 5.41) is 5.43. The van der Waals surface area contributed by atoms with E-state index in [-0.39, 0.29) is 17.7 Å². The van der Waals surface area contributed by atoms with E-state index in [0.29, 0.717) is 12.5 Å². The van der Waals surface area contributed by atoms with E-state index in [2.05, 4.69) is 10.6 Å². The zero-order valence-corrected chi connectivity index (χ0v) is 12.0. The summed E-state index contributed by atoms with van der Waals surface area (Å²) >= 11 is 5.69. The van der Waals surface area contributed by atoms with E-state index in [1.165, 1.54) is 0 Å². The molecule has 0 aromatic carbocycles. The Balaban J connectivity index is 4.21. The Labute approximate surface area is 108 Å². The highest BCUT2D eigenvalue weighted by Crippen LogP contribution is 2.16. The third-order valence-electron chi connectivity index (χ3n) is 2.37. The second-order valence-electron chi connectivity index (χ2n) is 5.35. The molecule has 0 saturated carbocycles. The first kappa shape index (κ1) is 16.2. The average molecular weight is 263 g/mol. The third kappa shape index (κ3) is 5.91. The van der Waals surface area contributed by atoms with Crippen molar-refractivity contribution in [3.05, 3.63) is 0 Å². The first-order valence-corrected chi connectivity index (χ1v) is 6.38. The molecular weight excluding hydrogens is 240 g/mol. The summed E-state index contributed by atoms with van der Waals surface area (Å²) in [7, 11) is 0. The van der Waals surface area contributed by atoms with Crippen LogP contribution in [0.5, 0.6) is 0 Å². The van der Waals surface area contributed by atoms with E-state index in [1.807, 2.05) is 13.8 Å². The molecule has 0 aromatic rings. The molecule has 0 aliphatic heterocycles. The summed E-state index contributed by atoms with van der Waals surface area (Å²) in [5.41, 5.74) is -0.659. The van der Waals surface area contributed by atoms with E-state index >= 15 is 0 Å². The van der Waals surface area contributed by atoms with Crippen LogP contribution in [0.25, 0.3) is 0 Å². The van der Waals surface area contributed by atoms with Gasteiger partial charge in [0.15, 0.2) is 0 Å². The van der Waals surface area contributed by atoms with Crippen LogP contribution in [-0.4, -0.2) is 30.3 Å². The molecule has 0 rings (SSSR count). The molecule has 0 fully saturated rings. The molecule has 5 heteroatoms. The molecule has 1 atom stereocenters. The highest BCUT2D eigenvalue weighted by Gasteiger charge is 2.28. The van der Waals surface area contributed by atoms with Gasteiger partial charge < -0.3 is 10.6 Å². The predicted octanol–water partition coefficient (Wildman–Crippen LogP) is 1.53. The summed E-state index contributed by atoms with van der Waals surface area (Å²) < 4.78 is 0. The van der Waals surface area contributed by atoms with Crippen LogP contribution in [0.1, 0.15) is 34.6 Å². The lowest BCUT2D eigenvalue weighted by atomic mass is 9.95. The highest BCUT2D eigenvalue weighted by atomic mass is 35.5. The molecule has 2 amide bonds. The lowest BCUT2D eigenvalue weighted by molar-refractivity contribution is -0.133. The second kappa shape index (κ2) is 6.84. The van der Waals surface area contributed by atoms with Crippen LogP contribution in [0.2, 0.25) is 0 Å². The van der Waals surface area contributed by atoms with Crippen LogP contribution < -0.4 is 10.6 Å². The molecule has 0 aliphatic rings. The zero-order valence-electron chi connectivity index (χ0n) is 11.3. The molecular formula is C12H23ClN2O2. The molecule has 0 bridgehead atoms. The Kier molecular flexibility index (Phi) is 6.53. The van der Waals surface area contributed by atoms with Crippen molar-refractivity contribution in [3.8, 4) is 0 Å². The first-order valence-electron chi connectivity index (χ1n) is 5.85. The molecule has 0 aromatic heterocycles. The summed E-state index contributed by atoms with van der Waals surface area (Å²) in [5.74, 6) is 0.234. The standard InChI is InChI=1S/C12H23ClN2O2/c1-8(2)6-14-10(16)9(3)15-11(17)12(4,5)7-13/h8-9H,6-7H2,1-5H3,(H,14,16)(H,15,17).